The van der Waals surface area contributed by atoms with Crippen LogP contribution in [0, 0.1) is 5.92 Å². The van der Waals surface area contributed by atoms with E-state index in [-0.39, 0.29) is 23.9 Å². The standard InChI is InChI=1S/C40H54N4O4Si/c1-30(2)43-35-18-12-13-19-36(35)44(38(43)46)37(45)41-28-31-22-26-42(27-23-31)29-39(47)24-20-34(21-25-39)48-40(49(3,4)5,32-14-8-6-9-15-32)33-16-10-7-11-17-33/h6-19,30-31,34,47H,20-29H2,1-5H3,(H,41,45)/t34-,39+. The molecule has 1 saturated carbocycles. The average Bonchev–Trinajstić information content (AvgIpc) is 3.39. The van der Waals surface area contributed by atoms with E-state index >= 15 is 0 Å². The van der Waals surface area contributed by atoms with Gasteiger partial charge in [-0.25, -0.2) is 14.2 Å². The average molecular weight is 683 g/mol. The first kappa shape index (κ1) is 35.3. The highest BCUT2D eigenvalue weighted by molar-refractivity contribution is 6.79. The van der Waals surface area contributed by atoms with Gasteiger partial charge in [0, 0.05) is 19.1 Å². The van der Waals surface area contributed by atoms with Crippen molar-refractivity contribution in [2.45, 2.75) is 95.0 Å². The molecule has 0 bridgehead atoms. The maximum atomic E-state index is 13.2. The van der Waals surface area contributed by atoms with Crippen molar-refractivity contribution in [3.63, 3.8) is 0 Å². The molecule has 2 fully saturated rings. The summed E-state index contributed by atoms with van der Waals surface area (Å²) in [5.41, 5.74) is 2.81. The third-order valence-electron chi connectivity index (χ3n) is 10.9. The van der Waals surface area contributed by atoms with Crippen LogP contribution < -0.4 is 11.0 Å². The molecule has 8 nitrogen and oxygen atoms in total. The van der Waals surface area contributed by atoms with Crippen molar-refractivity contribution in [1.29, 1.82) is 0 Å². The minimum Gasteiger partial charge on any atom is -0.389 e. The normalized spacial score (nSPS) is 21.3. The number of nitrogens with zero attached hydrogens (tertiary/aromatic N) is 3. The van der Waals surface area contributed by atoms with Gasteiger partial charge in [-0.3, -0.25) is 4.57 Å². The molecule has 1 aliphatic carbocycles. The van der Waals surface area contributed by atoms with E-state index in [1.165, 1.54) is 15.7 Å². The molecule has 9 heteroatoms. The fraction of sp³-hybridized carbons (Fsp3) is 0.500. The number of hydrogen-bond acceptors (Lipinski definition) is 5. The van der Waals surface area contributed by atoms with Crippen molar-refractivity contribution in [1.82, 2.24) is 19.4 Å². The Bertz CT molecular complexity index is 1720. The number of carbonyl (C=O) groups excluding carboxylic acids is 1. The highest BCUT2D eigenvalue weighted by atomic mass is 28.3. The van der Waals surface area contributed by atoms with E-state index in [1.807, 2.05) is 38.1 Å². The Morgan fingerprint density at radius 1 is 0.878 bits per heavy atom. The third kappa shape index (κ3) is 7.22. The van der Waals surface area contributed by atoms with E-state index in [0.29, 0.717) is 24.5 Å². The lowest BCUT2D eigenvalue weighted by Crippen LogP contribution is -2.55. The summed E-state index contributed by atoms with van der Waals surface area (Å²) in [4.78, 5) is 28.8. The number of rotatable bonds is 10. The summed E-state index contributed by atoms with van der Waals surface area (Å²) in [5.74, 6) is 0.332. The summed E-state index contributed by atoms with van der Waals surface area (Å²) in [6, 6.07) is 28.5. The van der Waals surface area contributed by atoms with Crippen LogP contribution in [0.5, 0.6) is 0 Å². The summed E-state index contributed by atoms with van der Waals surface area (Å²) < 4.78 is 10.3. The molecule has 49 heavy (non-hydrogen) atoms. The van der Waals surface area contributed by atoms with Crippen LogP contribution in [0.1, 0.15) is 69.5 Å². The number of carbonyl (C=O) groups is 1. The van der Waals surface area contributed by atoms with Crippen molar-refractivity contribution < 1.29 is 14.6 Å². The van der Waals surface area contributed by atoms with Gasteiger partial charge in [0.05, 0.1) is 30.8 Å². The summed E-state index contributed by atoms with van der Waals surface area (Å²) in [6.07, 6.45) is 5.06. The Morgan fingerprint density at radius 3 is 1.94 bits per heavy atom. The summed E-state index contributed by atoms with van der Waals surface area (Å²) in [6.45, 7) is 14.1. The third-order valence-corrected chi connectivity index (χ3v) is 13.7. The topological polar surface area (TPSA) is 88.7 Å². The summed E-state index contributed by atoms with van der Waals surface area (Å²) in [7, 11) is -1.97. The van der Waals surface area contributed by atoms with E-state index in [0.717, 1.165) is 57.1 Å². The first-order chi connectivity index (χ1) is 23.4. The zero-order chi connectivity index (χ0) is 34.8. The molecule has 0 unspecified atom stereocenters. The monoisotopic (exact) mass is 682 g/mol. The number of benzene rings is 3. The number of ether oxygens (including phenoxy) is 1. The van der Waals surface area contributed by atoms with Crippen molar-refractivity contribution in [3.8, 4) is 0 Å². The molecule has 6 rings (SSSR count). The zero-order valence-electron chi connectivity index (χ0n) is 29.9. The molecule has 262 valence electrons. The van der Waals surface area contributed by atoms with Crippen LogP contribution in [0.25, 0.3) is 11.0 Å². The van der Waals surface area contributed by atoms with Gasteiger partial charge in [-0.05, 0) is 94.6 Å². The molecule has 0 radical (unpaired) electrons. The van der Waals surface area contributed by atoms with Crippen LogP contribution >= 0.6 is 0 Å². The van der Waals surface area contributed by atoms with Gasteiger partial charge in [-0.15, -0.1) is 0 Å². The number of aliphatic hydroxyl groups is 1. The lowest BCUT2D eigenvalue weighted by molar-refractivity contribution is -0.0991. The first-order valence-corrected chi connectivity index (χ1v) is 21.7. The van der Waals surface area contributed by atoms with Gasteiger partial charge < -0.3 is 20.1 Å². The van der Waals surface area contributed by atoms with Crippen molar-refractivity contribution in [3.05, 3.63) is 107 Å². The first-order valence-electron chi connectivity index (χ1n) is 18.2. The van der Waals surface area contributed by atoms with Crippen LogP contribution in [0.4, 0.5) is 4.79 Å². The molecule has 0 spiro atoms. The molecule has 2 aliphatic rings. The number of nitrogens with one attached hydrogen (secondary N) is 1. The van der Waals surface area contributed by atoms with Gasteiger partial charge in [-0.1, -0.05) is 92.4 Å². The number of hydrogen-bond donors (Lipinski definition) is 2. The van der Waals surface area contributed by atoms with Crippen molar-refractivity contribution in [2.24, 2.45) is 5.92 Å². The van der Waals surface area contributed by atoms with Crippen LogP contribution in [-0.2, 0) is 9.96 Å². The van der Waals surface area contributed by atoms with Crippen molar-refractivity contribution >= 4 is 25.1 Å². The molecule has 1 amide bonds. The molecule has 4 aromatic rings. The number of likely N-dealkylation sites (tertiary alicyclic amines) is 1. The van der Waals surface area contributed by atoms with Gasteiger partial charge in [0.1, 0.15) is 5.22 Å². The van der Waals surface area contributed by atoms with E-state index < -0.39 is 18.9 Å². The molecule has 2 heterocycles. The lowest BCUT2D eigenvalue weighted by atomic mass is 9.82. The highest BCUT2D eigenvalue weighted by Crippen LogP contribution is 2.45. The second-order valence-corrected chi connectivity index (χ2v) is 20.9. The number of fused-ring (bicyclic) bond motifs is 1. The Kier molecular flexibility index (Phi) is 10.4. The SMILES string of the molecule is CC(C)n1c(=O)n(C(=O)NCC2CCN(C[C@]3(O)CC[C@@H](OC(c4ccccc4)(c4ccccc4)[Si](C)(C)C)CC3)CC2)c2ccccc21. The molecule has 1 aliphatic heterocycles. The molecule has 1 saturated heterocycles. The number of piperidine rings is 1. The fourth-order valence-electron chi connectivity index (χ4n) is 8.29. The predicted molar refractivity (Wildman–Crippen MR) is 200 cm³/mol. The Hall–Kier alpha value is -3.50. The Morgan fingerprint density at radius 2 is 1.41 bits per heavy atom. The highest BCUT2D eigenvalue weighted by Gasteiger charge is 2.50. The maximum absolute atomic E-state index is 13.2. The van der Waals surface area contributed by atoms with E-state index in [9.17, 15) is 14.7 Å². The van der Waals surface area contributed by atoms with Gasteiger partial charge >= 0.3 is 11.7 Å². The van der Waals surface area contributed by atoms with Gasteiger partial charge in [0.2, 0.25) is 0 Å². The molecule has 2 N–H and O–H groups in total. The van der Waals surface area contributed by atoms with Gasteiger partial charge in [0.15, 0.2) is 0 Å². The number of aromatic nitrogens is 2. The minimum atomic E-state index is -1.97. The van der Waals surface area contributed by atoms with Crippen LogP contribution in [0.2, 0.25) is 19.6 Å². The van der Waals surface area contributed by atoms with E-state index in [1.54, 1.807) is 4.57 Å². The number of para-hydroxylation sites is 2. The van der Waals surface area contributed by atoms with Crippen LogP contribution in [0.3, 0.4) is 0 Å². The van der Waals surface area contributed by atoms with Crippen molar-refractivity contribution in [2.75, 3.05) is 26.2 Å². The number of β-amino-alcohol motifs (C(OH)–C–C–N with tert-alkyl or cyclic N) is 1. The largest absolute Gasteiger partial charge is 0.389 e. The summed E-state index contributed by atoms with van der Waals surface area (Å²) in [5, 5.41) is 14.3. The molecule has 1 aromatic heterocycles. The minimum absolute atomic E-state index is 0.0459. The Labute approximate surface area is 292 Å². The second-order valence-electron chi connectivity index (χ2n) is 15.7. The quantitative estimate of drug-likeness (QED) is 0.173. The molecule has 0 atom stereocenters. The van der Waals surface area contributed by atoms with Gasteiger partial charge in [0.25, 0.3) is 0 Å². The molecular weight excluding hydrogens is 629 g/mol. The van der Waals surface area contributed by atoms with Gasteiger partial charge in [-0.2, -0.15) is 0 Å². The number of imidazole rings is 1. The van der Waals surface area contributed by atoms with E-state index in [4.69, 9.17) is 4.74 Å². The molecular formula is C40H54N4O4Si. The summed E-state index contributed by atoms with van der Waals surface area (Å²) >= 11 is 0. The second kappa shape index (κ2) is 14.4. The maximum Gasteiger partial charge on any atom is 0.337 e. The van der Waals surface area contributed by atoms with Crippen LogP contribution in [0.15, 0.2) is 89.7 Å². The van der Waals surface area contributed by atoms with E-state index in [2.05, 4.69) is 90.5 Å². The zero-order valence-corrected chi connectivity index (χ0v) is 30.9. The lowest BCUT2D eigenvalue weighted by Gasteiger charge is -2.49. The smallest absolute Gasteiger partial charge is 0.337 e. The predicted octanol–water partition coefficient (Wildman–Crippen LogP) is 7.17. The fourth-order valence-corrected chi connectivity index (χ4v) is 10.9. The Balaban J connectivity index is 1.03. The number of amides is 1. The van der Waals surface area contributed by atoms with Crippen LogP contribution in [-0.4, -0.2) is 71.1 Å². The molecule has 3 aromatic carbocycles.